The van der Waals surface area contributed by atoms with Crippen molar-refractivity contribution in [1.29, 1.82) is 0 Å². The van der Waals surface area contributed by atoms with E-state index in [1.54, 1.807) is 47.7 Å². The van der Waals surface area contributed by atoms with Gasteiger partial charge in [-0.05, 0) is 61.8 Å². The maximum Gasteiger partial charge on any atom is 0.408 e. The molecular weight excluding hydrogens is 510 g/mol. The molecule has 210 valence electrons. The van der Waals surface area contributed by atoms with Gasteiger partial charge in [0.1, 0.15) is 22.9 Å². The van der Waals surface area contributed by atoms with E-state index in [1.165, 1.54) is 4.80 Å². The maximum atomic E-state index is 12.6. The zero-order valence-corrected chi connectivity index (χ0v) is 24.2. The Morgan fingerprint density at radius 3 is 2.21 bits per heavy atom. The van der Waals surface area contributed by atoms with Crippen molar-refractivity contribution in [2.75, 3.05) is 5.75 Å². The molecule has 0 unspecified atom stereocenters. The zero-order valence-electron chi connectivity index (χ0n) is 23.4. The third kappa shape index (κ3) is 10.6. The first kappa shape index (κ1) is 30.9. The van der Waals surface area contributed by atoms with Gasteiger partial charge < -0.3 is 14.8 Å². The van der Waals surface area contributed by atoms with Gasteiger partial charge in [-0.2, -0.15) is 19.4 Å². The number of hydrogen-bond acceptors (Lipinski definition) is 8. The number of aromatic nitrogens is 3. The van der Waals surface area contributed by atoms with E-state index in [2.05, 4.69) is 19.9 Å². The van der Waals surface area contributed by atoms with Crippen molar-refractivity contribution >= 4 is 28.3 Å². The molecule has 2 rings (SSSR count). The number of alkyl carbamates (subject to hydrolysis) is 1. The van der Waals surface area contributed by atoms with Crippen molar-refractivity contribution in [2.45, 2.75) is 91.0 Å². The van der Waals surface area contributed by atoms with Crippen molar-refractivity contribution in [3.05, 3.63) is 36.5 Å². The lowest BCUT2D eigenvalue weighted by Gasteiger charge is -2.25. The average molecular weight is 550 g/mol. The Balaban J connectivity index is 2.05. The monoisotopic (exact) mass is 549 g/mol. The normalized spacial score (nSPS) is 13.8. The molecule has 2 aromatic rings. The largest absolute Gasteiger partial charge is 0.458 e. The average Bonchev–Trinajstić information content (AvgIpc) is 3.27. The third-order valence-electron chi connectivity index (χ3n) is 5.03. The Hall–Kier alpha value is -3.28. The number of carbonyl (C=O) groups is 2. The van der Waals surface area contributed by atoms with Crippen molar-refractivity contribution in [3.8, 4) is 11.3 Å². The molecule has 0 saturated heterocycles. The van der Waals surface area contributed by atoms with Gasteiger partial charge in [0.2, 0.25) is 0 Å². The molecule has 0 fully saturated rings. The highest BCUT2D eigenvalue weighted by Gasteiger charge is 2.29. The summed E-state index contributed by atoms with van der Waals surface area (Å²) in [5.74, 6) is -0.998. The summed E-state index contributed by atoms with van der Waals surface area (Å²) in [7, 11) is -3.88. The van der Waals surface area contributed by atoms with Crippen LogP contribution in [0.4, 0.5) is 4.79 Å². The Labute approximate surface area is 225 Å². The topological polar surface area (TPSA) is 142 Å². The molecule has 0 spiro atoms. The molecule has 1 N–H and O–H groups in total. The number of hydrogen-bond donors (Lipinski definition) is 1. The lowest BCUT2D eigenvalue weighted by molar-refractivity contribution is -0.157. The van der Waals surface area contributed by atoms with Gasteiger partial charge in [0.15, 0.2) is 0 Å². The summed E-state index contributed by atoms with van der Waals surface area (Å²) in [4.78, 5) is 26.3. The molecule has 0 radical (unpaired) electrons. The van der Waals surface area contributed by atoms with E-state index in [-0.39, 0.29) is 18.6 Å². The Bertz CT molecular complexity index is 1220. The smallest absolute Gasteiger partial charge is 0.408 e. The number of amides is 1. The van der Waals surface area contributed by atoms with Gasteiger partial charge in [0.05, 0.1) is 17.5 Å². The maximum absolute atomic E-state index is 12.6. The number of sulfonamides is 1. The fraction of sp³-hybridized carbons (Fsp3) is 0.577. The second-order valence-corrected chi connectivity index (χ2v) is 13.3. The molecule has 1 heterocycles. The predicted molar refractivity (Wildman–Crippen MR) is 145 cm³/mol. The summed E-state index contributed by atoms with van der Waals surface area (Å²) in [6.07, 6.45) is 1.90. The predicted octanol–water partition coefficient (Wildman–Crippen LogP) is 4.10. The van der Waals surface area contributed by atoms with E-state index >= 15 is 0 Å². The fourth-order valence-electron chi connectivity index (χ4n) is 3.13. The molecule has 0 bridgehead atoms. The molecule has 0 aliphatic carbocycles. The molecule has 1 aromatic carbocycles. The molecule has 11 nitrogen and oxygen atoms in total. The van der Waals surface area contributed by atoms with Crippen LogP contribution in [0.2, 0.25) is 0 Å². The Kier molecular flexibility index (Phi) is 9.82. The third-order valence-corrected chi connectivity index (χ3v) is 6.22. The van der Waals surface area contributed by atoms with Crippen LogP contribution in [0.1, 0.15) is 68.2 Å². The van der Waals surface area contributed by atoms with E-state index in [9.17, 15) is 18.0 Å². The van der Waals surface area contributed by atoms with E-state index < -0.39 is 44.9 Å². The number of nitrogens with zero attached hydrogens (tertiary/aromatic N) is 4. The first-order valence-electron chi connectivity index (χ1n) is 12.3. The summed E-state index contributed by atoms with van der Waals surface area (Å²) in [5.41, 5.74) is -0.692. The molecular formula is C26H39N5O6S. The van der Waals surface area contributed by atoms with Crippen LogP contribution in [0.5, 0.6) is 0 Å². The van der Waals surface area contributed by atoms with Gasteiger partial charge in [-0.25, -0.2) is 18.0 Å². The highest BCUT2D eigenvalue weighted by atomic mass is 32.2. The number of rotatable bonds is 10. The molecule has 1 amide bonds. The van der Waals surface area contributed by atoms with Crippen LogP contribution in [0.15, 0.2) is 40.9 Å². The molecule has 1 aromatic heterocycles. The van der Waals surface area contributed by atoms with Crippen LogP contribution in [0.25, 0.3) is 11.3 Å². The van der Waals surface area contributed by atoms with Crippen molar-refractivity contribution in [2.24, 2.45) is 4.40 Å². The van der Waals surface area contributed by atoms with Crippen molar-refractivity contribution in [3.63, 3.8) is 0 Å². The minimum atomic E-state index is -3.88. The minimum absolute atomic E-state index is 0.196. The molecule has 0 aliphatic heterocycles. The summed E-state index contributed by atoms with van der Waals surface area (Å²) < 4.78 is 39.6. The molecule has 0 saturated carbocycles. The van der Waals surface area contributed by atoms with Crippen LogP contribution in [-0.4, -0.2) is 64.7 Å². The lowest BCUT2D eigenvalue weighted by atomic mass is 10.0. The highest BCUT2D eigenvalue weighted by molar-refractivity contribution is 7.90. The van der Waals surface area contributed by atoms with Crippen molar-refractivity contribution < 1.29 is 27.5 Å². The van der Waals surface area contributed by atoms with Crippen LogP contribution in [0, 0.1) is 0 Å². The number of carbonyl (C=O) groups excluding carboxylic acids is 2. The summed E-state index contributed by atoms with van der Waals surface area (Å²) in [6.45, 7) is 13.8. The Morgan fingerprint density at radius 1 is 1.03 bits per heavy atom. The molecule has 38 heavy (non-hydrogen) atoms. The van der Waals surface area contributed by atoms with Crippen LogP contribution in [0.3, 0.4) is 0 Å². The fourth-order valence-corrected chi connectivity index (χ4v) is 4.30. The van der Waals surface area contributed by atoms with Gasteiger partial charge in [0.25, 0.3) is 10.0 Å². The summed E-state index contributed by atoms with van der Waals surface area (Å²) in [5, 5.41) is 11.3. The van der Waals surface area contributed by atoms with E-state index in [0.717, 1.165) is 11.8 Å². The first-order valence-corrected chi connectivity index (χ1v) is 13.9. The van der Waals surface area contributed by atoms with Crippen LogP contribution >= 0.6 is 0 Å². The van der Waals surface area contributed by atoms with Crippen LogP contribution in [-0.2, 0) is 29.8 Å². The summed E-state index contributed by atoms with van der Waals surface area (Å²) in [6, 6.07) is 8.38. The standard InChI is InChI=1S/C26H39N5O6S/c1-24(2,3)36-22(32)20(29-23(33)37-25(4,5)6)14-16-28-38(34,35)17-15-26(7,8)31-27-18-21(30-31)19-12-10-9-11-13-19/h9-13,16,18,20H,14-15,17H2,1-8H3,(H,29,33)/t20-/m0/s1. The van der Waals surface area contributed by atoms with E-state index in [0.29, 0.717) is 5.69 Å². The van der Waals surface area contributed by atoms with Crippen LogP contribution < -0.4 is 5.32 Å². The summed E-state index contributed by atoms with van der Waals surface area (Å²) >= 11 is 0. The van der Waals surface area contributed by atoms with E-state index in [4.69, 9.17) is 9.47 Å². The number of benzene rings is 1. The highest BCUT2D eigenvalue weighted by Crippen LogP contribution is 2.22. The van der Waals surface area contributed by atoms with E-state index in [1.807, 2.05) is 44.2 Å². The van der Waals surface area contributed by atoms with Gasteiger partial charge in [-0.15, -0.1) is 0 Å². The quantitative estimate of drug-likeness (QED) is 0.345. The molecule has 12 heteroatoms. The minimum Gasteiger partial charge on any atom is -0.458 e. The van der Waals surface area contributed by atoms with Gasteiger partial charge in [0, 0.05) is 18.2 Å². The lowest BCUT2D eigenvalue weighted by Crippen LogP contribution is -2.46. The second kappa shape index (κ2) is 12.1. The molecule has 1 atom stereocenters. The number of ether oxygens (including phenoxy) is 2. The number of esters is 1. The SMILES string of the molecule is CC(C)(C)OC(=O)N[C@@H](CC=NS(=O)(=O)CCC(C)(C)n1ncc(-c2ccccc2)n1)C(=O)OC(C)(C)C. The van der Waals surface area contributed by atoms with Gasteiger partial charge in [-0.1, -0.05) is 30.3 Å². The van der Waals surface area contributed by atoms with Crippen molar-refractivity contribution in [1.82, 2.24) is 20.3 Å². The Morgan fingerprint density at radius 2 is 1.63 bits per heavy atom. The number of nitrogens with one attached hydrogen (secondary N) is 1. The molecule has 0 aliphatic rings. The van der Waals surface area contributed by atoms with Gasteiger partial charge in [-0.3, -0.25) is 0 Å². The second-order valence-electron chi connectivity index (χ2n) is 11.5. The first-order chi connectivity index (χ1) is 17.4. The van der Waals surface area contributed by atoms with Gasteiger partial charge >= 0.3 is 12.1 Å². The zero-order chi connectivity index (χ0) is 28.8.